The van der Waals surface area contributed by atoms with Crippen LogP contribution in [0.1, 0.15) is 44.9 Å². The van der Waals surface area contributed by atoms with Crippen molar-refractivity contribution in [3.63, 3.8) is 0 Å². The lowest BCUT2D eigenvalue weighted by molar-refractivity contribution is 0.219. The van der Waals surface area contributed by atoms with E-state index in [-0.39, 0.29) is 5.54 Å². The molecule has 0 spiro atoms. The number of aliphatic hydroxyl groups is 1. The quantitative estimate of drug-likeness (QED) is 0.943. The van der Waals surface area contributed by atoms with E-state index in [0.717, 1.165) is 17.7 Å². The summed E-state index contributed by atoms with van der Waals surface area (Å²) in [5, 5.41) is 19.0. The zero-order chi connectivity index (χ0) is 14.2. The first-order valence-corrected chi connectivity index (χ1v) is 7.08. The molecule has 2 heterocycles. The molecule has 6 heteroatoms. The van der Waals surface area contributed by atoms with Crippen molar-refractivity contribution in [2.45, 2.75) is 45.9 Å². The number of nitrogens with zero attached hydrogens (tertiary/aromatic N) is 4. The van der Waals surface area contributed by atoms with Crippen molar-refractivity contribution in [3.05, 3.63) is 34.3 Å². The number of hydrogen-bond acceptors (Lipinski definition) is 3. The predicted octanol–water partition coefficient (Wildman–Crippen LogP) is 2.70. The fourth-order valence-electron chi connectivity index (χ4n) is 1.77. The highest BCUT2D eigenvalue weighted by Gasteiger charge is 2.22. The van der Waals surface area contributed by atoms with Crippen LogP contribution in [0.25, 0.3) is 0 Å². The highest BCUT2D eigenvalue weighted by atomic mass is 79.9. The van der Waals surface area contributed by atoms with Gasteiger partial charge in [-0.2, -0.15) is 10.2 Å². The first-order valence-electron chi connectivity index (χ1n) is 6.29. The first kappa shape index (κ1) is 14.3. The molecule has 0 aliphatic rings. The zero-order valence-corrected chi connectivity index (χ0v) is 13.2. The summed E-state index contributed by atoms with van der Waals surface area (Å²) in [5.41, 5.74) is 1.41. The van der Waals surface area contributed by atoms with Crippen molar-refractivity contribution >= 4 is 15.9 Å². The van der Waals surface area contributed by atoms with Gasteiger partial charge in [0.25, 0.3) is 0 Å². The molecule has 0 bridgehead atoms. The SMILES string of the molecule is CCn1cc(C(O)c2cn(C(C)(C)C)nc2Br)cn1. The molecule has 0 fully saturated rings. The van der Waals surface area contributed by atoms with Gasteiger partial charge in [0.15, 0.2) is 0 Å². The van der Waals surface area contributed by atoms with Crippen LogP contribution in [-0.2, 0) is 12.1 Å². The number of aliphatic hydroxyl groups excluding tert-OH is 1. The molecule has 2 rings (SSSR count). The number of hydrogen-bond donors (Lipinski definition) is 1. The minimum atomic E-state index is -0.717. The van der Waals surface area contributed by atoms with Crippen molar-refractivity contribution in [2.75, 3.05) is 0 Å². The van der Waals surface area contributed by atoms with E-state index in [1.807, 2.05) is 24.0 Å². The van der Waals surface area contributed by atoms with E-state index in [9.17, 15) is 5.11 Å². The average Bonchev–Trinajstić information content (AvgIpc) is 2.93. The minimum absolute atomic E-state index is 0.117. The van der Waals surface area contributed by atoms with Gasteiger partial charge in [0.1, 0.15) is 10.7 Å². The lowest BCUT2D eigenvalue weighted by Gasteiger charge is -2.18. The second kappa shape index (κ2) is 5.09. The van der Waals surface area contributed by atoms with Gasteiger partial charge < -0.3 is 5.11 Å². The molecule has 2 aromatic heterocycles. The molecule has 2 aromatic rings. The Labute approximate surface area is 121 Å². The second-order valence-electron chi connectivity index (χ2n) is 5.52. The van der Waals surface area contributed by atoms with Gasteiger partial charge in [-0.1, -0.05) is 0 Å². The van der Waals surface area contributed by atoms with Crippen LogP contribution < -0.4 is 0 Å². The Bertz CT molecular complexity index is 567. The third-order valence-electron chi connectivity index (χ3n) is 2.97. The van der Waals surface area contributed by atoms with Gasteiger partial charge in [0.2, 0.25) is 0 Å². The molecule has 0 saturated heterocycles. The smallest absolute Gasteiger partial charge is 0.134 e. The van der Waals surface area contributed by atoms with E-state index in [4.69, 9.17) is 0 Å². The summed E-state index contributed by atoms with van der Waals surface area (Å²) in [5.74, 6) is 0. The Balaban J connectivity index is 2.33. The standard InChI is InChI=1S/C13H19BrN4O/c1-5-17-7-9(6-15-17)11(19)10-8-18(13(2,3)4)16-12(10)14/h6-8,11,19H,5H2,1-4H3. The van der Waals surface area contributed by atoms with Gasteiger partial charge in [0, 0.05) is 30.1 Å². The maximum atomic E-state index is 10.4. The molecular formula is C13H19BrN4O. The topological polar surface area (TPSA) is 55.9 Å². The zero-order valence-electron chi connectivity index (χ0n) is 11.6. The highest BCUT2D eigenvalue weighted by Crippen LogP contribution is 2.29. The molecule has 0 radical (unpaired) electrons. The van der Waals surface area contributed by atoms with Gasteiger partial charge in [-0.05, 0) is 43.6 Å². The lowest BCUT2D eigenvalue weighted by Crippen LogP contribution is -2.22. The van der Waals surface area contributed by atoms with Crippen LogP contribution in [0.15, 0.2) is 23.2 Å². The van der Waals surface area contributed by atoms with E-state index in [2.05, 4.69) is 46.9 Å². The third-order valence-corrected chi connectivity index (χ3v) is 3.59. The molecule has 19 heavy (non-hydrogen) atoms. The molecule has 5 nitrogen and oxygen atoms in total. The minimum Gasteiger partial charge on any atom is -0.383 e. The Kier molecular flexibility index (Phi) is 3.82. The van der Waals surface area contributed by atoms with Crippen molar-refractivity contribution in [1.82, 2.24) is 19.6 Å². The molecular weight excluding hydrogens is 308 g/mol. The maximum absolute atomic E-state index is 10.4. The molecule has 1 unspecified atom stereocenters. The summed E-state index contributed by atoms with van der Waals surface area (Å²) in [6.45, 7) is 9.00. The van der Waals surface area contributed by atoms with Gasteiger partial charge >= 0.3 is 0 Å². The number of aryl methyl sites for hydroxylation is 1. The molecule has 0 aromatic carbocycles. The van der Waals surface area contributed by atoms with Crippen LogP contribution in [-0.4, -0.2) is 24.7 Å². The fourth-order valence-corrected chi connectivity index (χ4v) is 2.26. The van der Waals surface area contributed by atoms with Crippen molar-refractivity contribution in [1.29, 1.82) is 0 Å². The summed E-state index contributed by atoms with van der Waals surface area (Å²) in [6.07, 6.45) is 4.70. The Hall–Kier alpha value is -1.14. The summed E-state index contributed by atoms with van der Waals surface area (Å²) in [6, 6.07) is 0. The predicted molar refractivity (Wildman–Crippen MR) is 76.9 cm³/mol. The van der Waals surface area contributed by atoms with E-state index in [0.29, 0.717) is 4.60 Å². The molecule has 1 N–H and O–H groups in total. The summed E-state index contributed by atoms with van der Waals surface area (Å²) < 4.78 is 4.31. The van der Waals surface area contributed by atoms with E-state index < -0.39 is 6.10 Å². The van der Waals surface area contributed by atoms with Crippen molar-refractivity contribution in [3.8, 4) is 0 Å². The van der Waals surface area contributed by atoms with E-state index in [1.165, 1.54) is 0 Å². The number of aromatic nitrogens is 4. The molecule has 0 aliphatic carbocycles. The molecule has 0 amide bonds. The number of rotatable bonds is 3. The lowest BCUT2D eigenvalue weighted by atomic mass is 10.1. The van der Waals surface area contributed by atoms with Crippen LogP contribution >= 0.6 is 15.9 Å². The van der Waals surface area contributed by atoms with Crippen LogP contribution in [0, 0.1) is 0 Å². The van der Waals surface area contributed by atoms with Crippen molar-refractivity contribution < 1.29 is 5.11 Å². The van der Waals surface area contributed by atoms with Gasteiger partial charge in [-0.15, -0.1) is 0 Å². The Morgan fingerprint density at radius 3 is 2.53 bits per heavy atom. The van der Waals surface area contributed by atoms with Crippen molar-refractivity contribution in [2.24, 2.45) is 0 Å². The third kappa shape index (κ3) is 2.90. The molecule has 104 valence electrons. The second-order valence-corrected chi connectivity index (χ2v) is 6.27. The Morgan fingerprint density at radius 1 is 1.37 bits per heavy atom. The molecule has 1 atom stereocenters. The largest absolute Gasteiger partial charge is 0.383 e. The summed E-state index contributed by atoms with van der Waals surface area (Å²) in [7, 11) is 0. The first-order chi connectivity index (χ1) is 8.82. The van der Waals surface area contributed by atoms with Gasteiger partial charge in [-0.25, -0.2) is 0 Å². The normalized spacial score (nSPS) is 13.8. The van der Waals surface area contributed by atoms with Crippen LogP contribution in [0.2, 0.25) is 0 Å². The Morgan fingerprint density at radius 2 is 2.05 bits per heavy atom. The van der Waals surface area contributed by atoms with Gasteiger partial charge in [0.05, 0.1) is 11.7 Å². The number of halogens is 1. The van der Waals surface area contributed by atoms with E-state index >= 15 is 0 Å². The van der Waals surface area contributed by atoms with Gasteiger partial charge in [-0.3, -0.25) is 9.36 Å². The van der Waals surface area contributed by atoms with Crippen LogP contribution in [0.5, 0.6) is 0 Å². The van der Waals surface area contributed by atoms with Crippen LogP contribution in [0.4, 0.5) is 0 Å². The fraction of sp³-hybridized carbons (Fsp3) is 0.538. The molecule has 0 saturated carbocycles. The average molecular weight is 327 g/mol. The molecule has 0 aliphatic heterocycles. The summed E-state index contributed by atoms with van der Waals surface area (Å²) in [4.78, 5) is 0. The monoisotopic (exact) mass is 326 g/mol. The maximum Gasteiger partial charge on any atom is 0.134 e. The summed E-state index contributed by atoms with van der Waals surface area (Å²) >= 11 is 3.41. The highest BCUT2D eigenvalue weighted by molar-refractivity contribution is 9.10. The van der Waals surface area contributed by atoms with E-state index in [1.54, 1.807) is 10.9 Å². The van der Waals surface area contributed by atoms with Crippen LogP contribution in [0.3, 0.4) is 0 Å².